The van der Waals surface area contributed by atoms with Crippen molar-refractivity contribution in [1.29, 1.82) is 0 Å². The first-order valence-electron chi connectivity index (χ1n) is 6.94. The lowest BCUT2D eigenvalue weighted by atomic mass is 10.1. The van der Waals surface area contributed by atoms with Crippen molar-refractivity contribution in [1.82, 2.24) is 15.1 Å². The molecule has 1 rings (SSSR count). The molecule has 0 atom stereocenters. The van der Waals surface area contributed by atoms with Gasteiger partial charge in [-0.05, 0) is 25.7 Å². The molecule has 20 heavy (non-hydrogen) atoms. The highest BCUT2D eigenvalue weighted by Crippen LogP contribution is 2.10. The molecule has 0 bridgehead atoms. The second-order valence-corrected chi connectivity index (χ2v) is 5.30. The van der Waals surface area contributed by atoms with E-state index in [2.05, 4.69) is 24.3 Å². The van der Waals surface area contributed by atoms with Crippen molar-refractivity contribution < 1.29 is 14.7 Å². The molecule has 1 heterocycles. The molecule has 0 saturated heterocycles. The van der Waals surface area contributed by atoms with Crippen molar-refractivity contribution in [2.75, 3.05) is 6.54 Å². The molecule has 2 N–H and O–H groups in total. The Morgan fingerprint density at radius 1 is 1.45 bits per heavy atom. The van der Waals surface area contributed by atoms with Gasteiger partial charge in [-0.15, -0.1) is 0 Å². The molecule has 112 valence electrons. The Hall–Kier alpha value is -1.85. The first kappa shape index (κ1) is 16.2. The fraction of sp³-hybridized carbons (Fsp3) is 0.643. The van der Waals surface area contributed by atoms with Gasteiger partial charge in [0, 0.05) is 25.2 Å². The van der Waals surface area contributed by atoms with Gasteiger partial charge in [-0.2, -0.15) is 5.10 Å². The minimum absolute atomic E-state index is 0.0624. The van der Waals surface area contributed by atoms with Crippen molar-refractivity contribution >= 4 is 11.9 Å². The smallest absolute Gasteiger partial charge is 0.303 e. The summed E-state index contributed by atoms with van der Waals surface area (Å²) in [6, 6.07) is 0. The third-order valence-electron chi connectivity index (χ3n) is 3.12. The summed E-state index contributed by atoms with van der Waals surface area (Å²) in [4.78, 5) is 22.3. The molecule has 0 aromatic carbocycles. The Morgan fingerprint density at radius 2 is 2.15 bits per heavy atom. The van der Waals surface area contributed by atoms with Crippen LogP contribution in [0.25, 0.3) is 0 Å². The SMILES string of the molecule is Cc1c(C(=O)NCCCC(=O)O)cnn1CCC(C)C. The highest BCUT2D eigenvalue weighted by atomic mass is 16.4. The van der Waals surface area contributed by atoms with Gasteiger partial charge in [0.1, 0.15) is 0 Å². The number of carboxylic acids is 1. The quantitative estimate of drug-likeness (QED) is 0.712. The molecule has 6 nitrogen and oxygen atoms in total. The van der Waals surface area contributed by atoms with Gasteiger partial charge in [0.2, 0.25) is 0 Å². The van der Waals surface area contributed by atoms with Crippen LogP contribution < -0.4 is 5.32 Å². The number of carboxylic acid groups (broad SMARTS) is 1. The van der Waals surface area contributed by atoms with E-state index >= 15 is 0 Å². The van der Waals surface area contributed by atoms with Crippen LogP contribution in [0.1, 0.15) is 49.2 Å². The molecule has 1 aromatic rings. The summed E-state index contributed by atoms with van der Waals surface area (Å²) in [6.45, 7) is 7.33. The zero-order valence-corrected chi connectivity index (χ0v) is 12.3. The summed E-state index contributed by atoms with van der Waals surface area (Å²) in [5.74, 6) is -0.451. The Morgan fingerprint density at radius 3 is 2.75 bits per heavy atom. The Labute approximate surface area is 119 Å². The third kappa shape index (κ3) is 5.03. The van der Waals surface area contributed by atoms with E-state index in [1.165, 1.54) is 0 Å². The number of aryl methyl sites for hydroxylation is 1. The minimum atomic E-state index is -0.850. The molecule has 0 aliphatic heterocycles. The number of nitrogens with zero attached hydrogens (tertiary/aromatic N) is 2. The number of hydrogen-bond acceptors (Lipinski definition) is 3. The molecule has 0 radical (unpaired) electrons. The zero-order chi connectivity index (χ0) is 15.1. The monoisotopic (exact) mass is 281 g/mol. The highest BCUT2D eigenvalue weighted by Gasteiger charge is 2.13. The zero-order valence-electron chi connectivity index (χ0n) is 12.3. The average Bonchev–Trinajstić information content (AvgIpc) is 2.73. The molecule has 0 aliphatic rings. The van der Waals surface area contributed by atoms with Gasteiger partial charge in [-0.1, -0.05) is 13.8 Å². The lowest BCUT2D eigenvalue weighted by molar-refractivity contribution is -0.137. The first-order valence-corrected chi connectivity index (χ1v) is 6.94. The molecule has 6 heteroatoms. The summed E-state index contributed by atoms with van der Waals surface area (Å²) in [5.41, 5.74) is 1.41. The van der Waals surface area contributed by atoms with Gasteiger partial charge in [0.05, 0.1) is 11.8 Å². The van der Waals surface area contributed by atoms with E-state index in [-0.39, 0.29) is 12.3 Å². The second kappa shape index (κ2) is 7.67. The van der Waals surface area contributed by atoms with Crippen LogP contribution in [0.3, 0.4) is 0 Å². The van der Waals surface area contributed by atoms with E-state index in [9.17, 15) is 9.59 Å². The van der Waals surface area contributed by atoms with Gasteiger partial charge in [0.25, 0.3) is 5.91 Å². The number of carbonyl (C=O) groups excluding carboxylic acids is 1. The van der Waals surface area contributed by atoms with Crippen LogP contribution in [0.2, 0.25) is 0 Å². The number of carbonyl (C=O) groups is 2. The molecule has 0 saturated carbocycles. The number of aromatic nitrogens is 2. The first-order chi connectivity index (χ1) is 9.41. The average molecular weight is 281 g/mol. The molecular formula is C14H23N3O3. The van der Waals surface area contributed by atoms with E-state index in [1.807, 2.05) is 11.6 Å². The van der Waals surface area contributed by atoms with Crippen molar-refractivity contribution in [3.8, 4) is 0 Å². The van der Waals surface area contributed by atoms with Crippen LogP contribution in [-0.4, -0.2) is 33.3 Å². The maximum absolute atomic E-state index is 11.9. The minimum Gasteiger partial charge on any atom is -0.481 e. The van der Waals surface area contributed by atoms with E-state index in [0.29, 0.717) is 24.4 Å². The second-order valence-electron chi connectivity index (χ2n) is 5.30. The normalized spacial score (nSPS) is 10.8. The number of nitrogens with one attached hydrogen (secondary N) is 1. The standard InChI is InChI=1S/C14H23N3O3/c1-10(2)6-8-17-11(3)12(9-16-17)14(20)15-7-4-5-13(18)19/h9-10H,4-8H2,1-3H3,(H,15,20)(H,18,19). The number of rotatable bonds is 8. The van der Waals surface area contributed by atoms with E-state index < -0.39 is 5.97 Å². The van der Waals surface area contributed by atoms with Crippen LogP contribution in [-0.2, 0) is 11.3 Å². The van der Waals surface area contributed by atoms with Gasteiger partial charge in [0.15, 0.2) is 0 Å². The summed E-state index contributed by atoms with van der Waals surface area (Å²) in [7, 11) is 0. The van der Waals surface area contributed by atoms with Crippen LogP contribution in [0, 0.1) is 12.8 Å². The summed E-state index contributed by atoms with van der Waals surface area (Å²) >= 11 is 0. The van der Waals surface area contributed by atoms with Crippen LogP contribution in [0.5, 0.6) is 0 Å². The highest BCUT2D eigenvalue weighted by molar-refractivity contribution is 5.95. The Bertz CT molecular complexity index is 466. The summed E-state index contributed by atoms with van der Waals surface area (Å²) < 4.78 is 1.84. The maximum atomic E-state index is 11.9. The van der Waals surface area contributed by atoms with Gasteiger partial charge >= 0.3 is 5.97 Å². The summed E-state index contributed by atoms with van der Waals surface area (Å²) in [6.07, 6.45) is 3.08. The van der Waals surface area contributed by atoms with E-state index in [4.69, 9.17) is 5.11 Å². The molecule has 0 spiro atoms. The maximum Gasteiger partial charge on any atom is 0.303 e. The lowest BCUT2D eigenvalue weighted by Gasteiger charge is -2.08. The molecule has 0 fully saturated rings. The predicted molar refractivity (Wildman–Crippen MR) is 75.6 cm³/mol. The number of hydrogen-bond donors (Lipinski definition) is 2. The van der Waals surface area contributed by atoms with E-state index in [1.54, 1.807) is 6.20 Å². The Kier molecular flexibility index (Phi) is 6.21. The summed E-state index contributed by atoms with van der Waals surface area (Å²) in [5, 5.41) is 15.5. The van der Waals surface area contributed by atoms with Crippen molar-refractivity contribution in [3.05, 3.63) is 17.5 Å². The fourth-order valence-corrected chi connectivity index (χ4v) is 1.81. The Balaban J connectivity index is 2.50. The number of amides is 1. The predicted octanol–water partition coefficient (Wildman–Crippen LogP) is 1.83. The fourth-order valence-electron chi connectivity index (χ4n) is 1.81. The largest absolute Gasteiger partial charge is 0.481 e. The van der Waals surface area contributed by atoms with Gasteiger partial charge < -0.3 is 10.4 Å². The van der Waals surface area contributed by atoms with E-state index in [0.717, 1.165) is 18.7 Å². The van der Waals surface area contributed by atoms with Crippen LogP contribution in [0.4, 0.5) is 0 Å². The van der Waals surface area contributed by atoms with Crippen LogP contribution >= 0.6 is 0 Å². The molecule has 1 amide bonds. The molecular weight excluding hydrogens is 258 g/mol. The van der Waals surface area contributed by atoms with Crippen molar-refractivity contribution in [2.45, 2.75) is 46.6 Å². The van der Waals surface area contributed by atoms with Gasteiger partial charge in [-0.25, -0.2) is 0 Å². The lowest BCUT2D eigenvalue weighted by Crippen LogP contribution is -2.25. The van der Waals surface area contributed by atoms with Crippen molar-refractivity contribution in [3.63, 3.8) is 0 Å². The molecule has 0 aliphatic carbocycles. The van der Waals surface area contributed by atoms with Gasteiger partial charge in [-0.3, -0.25) is 14.3 Å². The molecule has 0 unspecified atom stereocenters. The number of aliphatic carboxylic acids is 1. The van der Waals surface area contributed by atoms with Crippen molar-refractivity contribution in [2.24, 2.45) is 5.92 Å². The van der Waals surface area contributed by atoms with Crippen LogP contribution in [0.15, 0.2) is 6.20 Å². The topological polar surface area (TPSA) is 84.2 Å². The molecule has 1 aromatic heterocycles. The third-order valence-corrected chi connectivity index (χ3v) is 3.12.